The summed E-state index contributed by atoms with van der Waals surface area (Å²) in [6.07, 6.45) is 6.21. The summed E-state index contributed by atoms with van der Waals surface area (Å²) in [5.74, 6) is 12.9. The zero-order chi connectivity index (χ0) is 30.1. The van der Waals surface area contributed by atoms with Gasteiger partial charge in [0.1, 0.15) is 6.54 Å². The van der Waals surface area contributed by atoms with Crippen LogP contribution < -0.4 is 21.5 Å². The minimum absolute atomic E-state index is 0. The van der Waals surface area contributed by atoms with Crippen LogP contribution in [0.25, 0.3) is 22.3 Å². The van der Waals surface area contributed by atoms with Gasteiger partial charge in [-0.2, -0.15) is 0 Å². The molecule has 0 spiro atoms. The first kappa shape index (κ1) is 34.6. The van der Waals surface area contributed by atoms with Gasteiger partial charge >= 0.3 is 0 Å². The first-order valence-corrected chi connectivity index (χ1v) is 16.1. The topological polar surface area (TPSA) is 3.88 Å². The van der Waals surface area contributed by atoms with Crippen LogP contribution in [-0.4, -0.2) is 5.33 Å². The highest BCUT2D eigenvalue weighted by atomic mass is 79.9. The lowest BCUT2D eigenvalue weighted by Gasteiger charge is -2.01. The molecule has 1 aromatic heterocycles. The molecular weight excluding hydrogens is 666 g/mol. The maximum absolute atomic E-state index is 3.40. The van der Waals surface area contributed by atoms with E-state index in [1.165, 1.54) is 33.5 Å². The third kappa shape index (κ3) is 11.7. The van der Waals surface area contributed by atoms with Crippen LogP contribution in [0.3, 0.4) is 0 Å². The van der Waals surface area contributed by atoms with Crippen molar-refractivity contribution in [2.75, 3.05) is 5.33 Å². The Balaban J connectivity index is 0.000000247. The highest BCUT2D eigenvalue weighted by Gasteiger charge is 2.04. The SMILES string of the molecule is BrCCCC#Cc1ccc(-c2ccccc2)cc1.Cc1cc[n+](CCCC#Cc2ccc(-c3ccccc3)cc2)c(C)c1.[Br-]. The van der Waals surface area contributed by atoms with Crippen LogP contribution in [0.2, 0.25) is 0 Å². The van der Waals surface area contributed by atoms with E-state index < -0.39 is 0 Å². The number of hydrogen-bond acceptors (Lipinski definition) is 0. The average Bonchev–Trinajstić information content (AvgIpc) is 3.06. The van der Waals surface area contributed by atoms with E-state index in [0.29, 0.717) is 0 Å². The van der Waals surface area contributed by atoms with Gasteiger partial charge in [0.25, 0.3) is 0 Å². The molecule has 1 heterocycles. The van der Waals surface area contributed by atoms with Crippen molar-refractivity contribution < 1.29 is 21.5 Å². The van der Waals surface area contributed by atoms with Gasteiger partial charge in [-0.15, -0.1) is 0 Å². The highest BCUT2D eigenvalue weighted by molar-refractivity contribution is 9.09. The summed E-state index contributed by atoms with van der Waals surface area (Å²) in [6, 6.07) is 42.1. The predicted octanol–water partition coefficient (Wildman–Crippen LogP) is 6.97. The molecule has 222 valence electrons. The first-order chi connectivity index (χ1) is 21.1. The van der Waals surface area contributed by atoms with Crippen LogP contribution >= 0.6 is 15.9 Å². The molecule has 3 heteroatoms. The van der Waals surface area contributed by atoms with Crippen LogP contribution in [0.15, 0.2) is 128 Å². The lowest BCUT2D eigenvalue weighted by atomic mass is 10.0. The molecule has 44 heavy (non-hydrogen) atoms. The second-order valence-electron chi connectivity index (χ2n) is 10.4. The fraction of sp³-hybridized carbons (Fsp3) is 0.195. The molecule has 0 amide bonds. The molecule has 0 aliphatic heterocycles. The number of aromatic nitrogens is 1. The zero-order valence-electron chi connectivity index (χ0n) is 25.6. The largest absolute Gasteiger partial charge is 1.00 e. The summed E-state index contributed by atoms with van der Waals surface area (Å²) in [4.78, 5) is 0. The molecule has 0 radical (unpaired) electrons. The van der Waals surface area contributed by atoms with Gasteiger partial charge in [-0.25, -0.2) is 4.57 Å². The van der Waals surface area contributed by atoms with E-state index in [0.717, 1.165) is 48.7 Å². The third-order valence-electron chi connectivity index (χ3n) is 6.99. The lowest BCUT2D eigenvalue weighted by molar-refractivity contribution is -0.703. The van der Waals surface area contributed by atoms with Gasteiger partial charge in [0.15, 0.2) is 11.9 Å². The monoisotopic (exact) mass is 703 g/mol. The van der Waals surface area contributed by atoms with Crippen molar-refractivity contribution in [1.82, 2.24) is 0 Å². The van der Waals surface area contributed by atoms with Crippen molar-refractivity contribution in [3.8, 4) is 45.9 Å². The molecule has 0 saturated heterocycles. The Morgan fingerprint density at radius 3 is 1.48 bits per heavy atom. The fourth-order valence-corrected chi connectivity index (χ4v) is 4.89. The Kier molecular flexibility index (Phi) is 15.3. The molecule has 5 aromatic rings. The number of rotatable bonds is 7. The summed E-state index contributed by atoms with van der Waals surface area (Å²) >= 11 is 3.40. The molecule has 0 saturated carbocycles. The second-order valence-corrected chi connectivity index (χ2v) is 11.2. The number of halogens is 2. The first-order valence-electron chi connectivity index (χ1n) is 14.9. The minimum atomic E-state index is 0. The van der Waals surface area contributed by atoms with Crippen molar-refractivity contribution in [3.63, 3.8) is 0 Å². The van der Waals surface area contributed by atoms with Crippen LogP contribution in [-0.2, 0) is 6.54 Å². The Morgan fingerprint density at radius 2 is 1.02 bits per heavy atom. The smallest absolute Gasteiger partial charge is 0.178 e. The number of aryl methyl sites for hydroxylation is 3. The molecule has 0 atom stereocenters. The van der Waals surface area contributed by atoms with E-state index in [9.17, 15) is 0 Å². The Hall–Kier alpha value is -3.89. The van der Waals surface area contributed by atoms with Gasteiger partial charge in [-0.1, -0.05) is 125 Å². The molecule has 1 nitrogen and oxygen atoms in total. The molecule has 5 rings (SSSR count). The van der Waals surface area contributed by atoms with Gasteiger partial charge < -0.3 is 17.0 Å². The van der Waals surface area contributed by atoms with Gasteiger partial charge in [-0.05, 0) is 65.4 Å². The quantitative estimate of drug-likeness (QED) is 0.0746. The van der Waals surface area contributed by atoms with Crippen molar-refractivity contribution in [2.45, 2.75) is 46.1 Å². The third-order valence-corrected chi connectivity index (χ3v) is 7.55. The molecule has 0 bridgehead atoms. The van der Waals surface area contributed by atoms with Gasteiger partial charge in [0, 0.05) is 54.8 Å². The minimum Gasteiger partial charge on any atom is -1.00 e. The molecule has 0 aliphatic carbocycles. The van der Waals surface area contributed by atoms with Gasteiger partial charge in [0.2, 0.25) is 0 Å². The molecule has 0 unspecified atom stereocenters. The number of hydrogen-bond donors (Lipinski definition) is 0. The Morgan fingerprint density at radius 1 is 0.568 bits per heavy atom. The van der Waals surface area contributed by atoms with Crippen molar-refractivity contribution >= 4 is 15.9 Å². The second kappa shape index (κ2) is 19.4. The molecular formula is C41H39Br2N. The number of unbranched alkanes of at least 4 members (excludes halogenated alkanes) is 2. The maximum atomic E-state index is 3.40. The van der Waals surface area contributed by atoms with Crippen LogP contribution in [0, 0.1) is 37.5 Å². The van der Waals surface area contributed by atoms with Crippen LogP contribution in [0.4, 0.5) is 0 Å². The van der Waals surface area contributed by atoms with E-state index in [2.05, 4.69) is 173 Å². The summed E-state index contributed by atoms with van der Waals surface area (Å²) in [5.41, 5.74) is 9.75. The summed E-state index contributed by atoms with van der Waals surface area (Å²) in [5, 5.41) is 1.02. The maximum Gasteiger partial charge on any atom is 0.178 e. The summed E-state index contributed by atoms with van der Waals surface area (Å²) in [7, 11) is 0. The fourth-order valence-electron chi connectivity index (χ4n) is 4.61. The Bertz CT molecular complexity index is 1670. The average molecular weight is 706 g/mol. The Labute approximate surface area is 283 Å². The van der Waals surface area contributed by atoms with E-state index in [4.69, 9.17) is 0 Å². The molecule has 0 fully saturated rings. The molecule has 4 aromatic carbocycles. The number of benzene rings is 4. The van der Waals surface area contributed by atoms with Crippen LogP contribution in [0.1, 0.15) is 48.1 Å². The standard InChI is InChI=1S/C24H24N.C17H15Br.BrH/c1-20-16-18-25(21(2)19-20)17-8-4-5-9-22-12-14-24(15-13-22)23-10-6-3-7-11-23;18-14-6-2-3-7-15-10-12-17(13-11-15)16-8-4-1-5-9-16;/h3,6-7,10-16,18-19H,4,8,17H2,1-2H3;1,4-5,8-13H,2,6,14H2;1H/q+1;;/p-1. The highest BCUT2D eigenvalue weighted by Crippen LogP contribution is 2.20. The molecule has 0 N–H and O–H groups in total. The van der Waals surface area contributed by atoms with E-state index in [1.54, 1.807) is 0 Å². The van der Waals surface area contributed by atoms with Crippen molar-refractivity contribution in [2.24, 2.45) is 0 Å². The number of nitrogens with zero attached hydrogens (tertiary/aromatic N) is 1. The lowest BCUT2D eigenvalue weighted by Crippen LogP contribution is -3.00. The zero-order valence-corrected chi connectivity index (χ0v) is 28.7. The molecule has 0 aliphatic rings. The van der Waals surface area contributed by atoms with Crippen LogP contribution in [0.5, 0.6) is 0 Å². The predicted molar refractivity (Wildman–Crippen MR) is 186 cm³/mol. The van der Waals surface area contributed by atoms with E-state index in [1.807, 2.05) is 12.1 Å². The van der Waals surface area contributed by atoms with Gasteiger partial charge in [0.05, 0.1) is 0 Å². The van der Waals surface area contributed by atoms with Crippen molar-refractivity contribution in [3.05, 3.63) is 150 Å². The summed E-state index contributed by atoms with van der Waals surface area (Å²) in [6.45, 7) is 5.31. The van der Waals surface area contributed by atoms with E-state index in [-0.39, 0.29) is 17.0 Å². The summed E-state index contributed by atoms with van der Waals surface area (Å²) < 4.78 is 2.29. The van der Waals surface area contributed by atoms with Crippen molar-refractivity contribution in [1.29, 1.82) is 0 Å². The van der Waals surface area contributed by atoms with Gasteiger partial charge in [-0.3, -0.25) is 0 Å². The normalized spacial score (nSPS) is 9.70. The number of alkyl halides is 1. The van der Waals surface area contributed by atoms with E-state index >= 15 is 0 Å². The number of pyridine rings is 1.